The van der Waals surface area contributed by atoms with Gasteiger partial charge in [-0.1, -0.05) is 41.9 Å². The Labute approximate surface area is 212 Å². The second kappa shape index (κ2) is 9.84. The van der Waals surface area contributed by atoms with Gasteiger partial charge >= 0.3 is 0 Å². The molecule has 0 aliphatic carbocycles. The molecule has 0 atom stereocenters. The molecule has 1 aliphatic heterocycles. The summed E-state index contributed by atoms with van der Waals surface area (Å²) in [5.41, 5.74) is 2.28. The third-order valence-corrected chi connectivity index (χ3v) is 6.71. The molecule has 36 heavy (non-hydrogen) atoms. The number of benzene rings is 3. The van der Waals surface area contributed by atoms with Crippen molar-refractivity contribution < 1.29 is 9.18 Å². The fourth-order valence-corrected chi connectivity index (χ4v) is 4.85. The van der Waals surface area contributed by atoms with E-state index in [1.54, 1.807) is 27.7 Å². The van der Waals surface area contributed by atoms with Crippen molar-refractivity contribution in [2.45, 2.75) is 6.54 Å². The van der Waals surface area contributed by atoms with E-state index in [1.807, 2.05) is 35.2 Å². The molecule has 8 heteroatoms. The highest BCUT2D eigenvalue weighted by Gasteiger charge is 2.27. The summed E-state index contributed by atoms with van der Waals surface area (Å²) in [7, 11) is 0. The summed E-state index contributed by atoms with van der Waals surface area (Å²) in [6.07, 6.45) is 0. The average Bonchev–Trinajstić information content (AvgIpc) is 2.90. The van der Waals surface area contributed by atoms with Crippen LogP contribution in [0.25, 0.3) is 10.9 Å². The molecule has 0 bridgehead atoms. The Hall–Kier alpha value is -4.15. The molecule has 0 unspecified atom stereocenters. The molecular formula is C28H22ClFN4O2. The minimum atomic E-state index is -0.395. The first kappa shape index (κ1) is 23.6. The predicted molar refractivity (Wildman–Crippen MR) is 138 cm³/mol. The maximum atomic E-state index is 13.5. The first-order chi connectivity index (χ1) is 17.5. The van der Waals surface area contributed by atoms with E-state index >= 15 is 0 Å². The predicted octanol–water partition coefficient (Wildman–Crippen LogP) is 4.68. The summed E-state index contributed by atoms with van der Waals surface area (Å²) in [4.78, 5) is 30.1. The summed E-state index contributed by atoms with van der Waals surface area (Å²) >= 11 is 6.35. The van der Waals surface area contributed by atoms with Crippen LogP contribution >= 0.6 is 11.6 Å². The molecule has 1 aromatic heterocycles. The van der Waals surface area contributed by atoms with E-state index in [0.717, 1.165) is 5.56 Å². The molecule has 0 radical (unpaired) electrons. The van der Waals surface area contributed by atoms with Crippen molar-refractivity contribution >= 4 is 34.1 Å². The highest BCUT2D eigenvalue weighted by molar-refractivity contribution is 6.31. The lowest BCUT2D eigenvalue weighted by Crippen LogP contribution is -2.49. The molecule has 5 rings (SSSR count). The topological polar surface area (TPSA) is 69.3 Å². The van der Waals surface area contributed by atoms with Gasteiger partial charge in [-0.3, -0.25) is 9.59 Å². The summed E-state index contributed by atoms with van der Waals surface area (Å²) in [6.45, 7) is 2.00. The second-order valence-corrected chi connectivity index (χ2v) is 9.10. The quantitative estimate of drug-likeness (QED) is 0.408. The molecule has 0 spiro atoms. The van der Waals surface area contributed by atoms with Gasteiger partial charge in [-0.05, 0) is 48.0 Å². The first-order valence-corrected chi connectivity index (χ1v) is 11.9. The lowest BCUT2D eigenvalue weighted by molar-refractivity contribution is 0.0747. The van der Waals surface area contributed by atoms with Crippen LogP contribution in [0.1, 0.15) is 21.5 Å². The van der Waals surface area contributed by atoms with Gasteiger partial charge in [0.05, 0.1) is 17.7 Å². The normalized spacial score (nSPS) is 13.6. The van der Waals surface area contributed by atoms with E-state index in [4.69, 9.17) is 11.6 Å². The Morgan fingerprint density at radius 3 is 2.33 bits per heavy atom. The smallest absolute Gasteiger partial charge is 0.271 e. The number of carbonyl (C=O) groups is 1. The number of amides is 1. The van der Waals surface area contributed by atoms with Crippen molar-refractivity contribution in [3.63, 3.8) is 0 Å². The van der Waals surface area contributed by atoms with Crippen molar-refractivity contribution in [1.29, 1.82) is 5.26 Å². The van der Waals surface area contributed by atoms with Crippen LogP contribution in [0.15, 0.2) is 77.6 Å². The van der Waals surface area contributed by atoms with E-state index in [1.165, 1.54) is 24.3 Å². The average molecular weight is 501 g/mol. The van der Waals surface area contributed by atoms with Gasteiger partial charge in [-0.2, -0.15) is 5.26 Å². The number of rotatable bonds is 4. The van der Waals surface area contributed by atoms with Gasteiger partial charge in [-0.15, -0.1) is 0 Å². The minimum absolute atomic E-state index is 0.0546. The van der Waals surface area contributed by atoms with Crippen LogP contribution in [0.2, 0.25) is 5.02 Å². The van der Waals surface area contributed by atoms with Crippen LogP contribution < -0.4 is 10.5 Å². The number of pyridine rings is 1. The Kier molecular flexibility index (Phi) is 6.45. The summed E-state index contributed by atoms with van der Waals surface area (Å²) in [6, 6.07) is 22.5. The number of fused-ring (bicyclic) bond motifs is 1. The van der Waals surface area contributed by atoms with Crippen LogP contribution in [0.4, 0.5) is 10.1 Å². The number of nitriles is 1. The Balaban J connectivity index is 1.51. The fraction of sp³-hybridized carbons (Fsp3) is 0.179. The molecule has 6 nitrogen and oxygen atoms in total. The van der Waals surface area contributed by atoms with E-state index in [-0.39, 0.29) is 17.0 Å². The molecule has 1 amide bonds. The number of aromatic nitrogens is 1. The Morgan fingerprint density at radius 1 is 0.972 bits per heavy atom. The zero-order chi connectivity index (χ0) is 25.2. The third kappa shape index (κ3) is 4.43. The number of hydrogen-bond donors (Lipinski definition) is 0. The first-order valence-electron chi connectivity index (χ1n) is 11.6. The number of carbonyl (C=O) groups excluding carboxylic acids is 1. The van der Waals surface area contributed by atoms with Gasteiger partial charge in [0.25, 0.3) is 11.5 Å². The molecule has 0 N–H and O–H groups in total. The maximum Gasteiger partial charge on any atom is 0.271 e. The van der Waals surface area contributed by atoms with Crippen LogP contribution in [0.3, 0.4) is 0 Å². The van der Waals surface area contributed by atoms with Crippen molar-refractivity contribution in [2.24, 2.45) is 0 Å². The van der Waals surface area contributed by atoms with Gasteiger partial charge in [0.15, 0.2) is 0 Å². The van der Waals surface area contributed by atoms with Crippen LogP contribution in [-0.2, 0) is 6.54 Å². The van der Waals surface area contributed by atoms with E-state index in [0.29, 0.717) is 59.9 Å². The number of anilines is 1. The SMILES string of the molecule is N#Cc1c(N2CCN(C(=O)c3ccc(F)cc3)CC2)c2cc(Cl)ccc2n(Cc2ccccc2)c1=O. The zero-order valence-electron chi connectivity index (χ0n) is 19.3. The van der Waals surface area contributed by atoms with E-state index in [9.17, 15) is 19.2 Å². The van der Waals surface area contributed by atoms with Crippen LogP contribution in [0.5, 0.6) is 0 Å². The van der Waals surface area contributed by atoms with Crippen LogP contribution in [-0.4, -0.2) is 41.6 Å². The molecule has 0 saturated carbocycles. The molecule has 1 saturated heterocycles. The minimum Gasteiger partial charge on any atom is -0.366 e. The van der Waals surface area contributed by atoms with E-state index in [2.05, 4.69) is 6.07 Å². The van der Waals surface area contributed by atoms with Crippen molar-refractivity contribution in [3.8, 4) is 6.07 Å². The molecule has 3 aromatic carbocycles. The molecule has 1 aliphatic rings. The molecule has 2 heterocycles. The summed E-state index contributed by atoms with van der Waals surface area (Å²) in [5, 5.41) is 11.3. The van der Waals surface area contributed by atoms with Crippen molar-refractivity contribution in [1.82, 2.24) is 9.47 Å². The maximum absolute atomic E-state index is 13.5. The zero-order valence-corrected chi connectivity index (χ0v) is 20.1. The third-order valence-electron chi connectivity index (χ3n) is 6.47. The standard InChI is InChI=1S/C28H22ClFN4O2/c29-21-8-11-25-23(16-21)26(24(17-31)28(36)34(25)18-19-4-2-1-3-5-19)32-12-14-33(15-13-32)27(35)20-6-9-22(30)10-7-20/h1-11,16H,12-15,18H2. The van der Waals surface area contributed by atoms with Gasteiger partial charge in [0, 0.05) is 42.2 Å². The summed E-state index contributed by atoms with van der Waals surface area (Å²) < 4.78 is 14.9. The number of hydrogen-bond acceptors (Lipinski definition) is 4. The second-order valence-electron chi connectivity index (χ2n) is 8.66. The lowest BCUT2D eigenvalue weighted by Gasteiger charge is -2.37. The Bertz CT molecular complexity index is 1540. The number of nitrogens with zero attached hydrogens (tertiary/aromatic N) is 4. The fourth-order valence-electron chi connectivity index (χ4n) is 4.67. The molecule has 180 valence electrons. The number of halogens is 2. The number of piperazine rings is 1. The highest BCUT2D eigenvalue weighted by Crippen LogP contribution is 2.32. The van der Waals surface area contributed by atoms with Gasteiger partial charge in [0.2, 0.25) is 0 Å². The van der Waals surface area contributed by atoms with E-state index < -0.39 is 5.82 Å². The lowest BCUT2D eigenvalue weighted by atomic mass is 10.1. The van der Waals surface area contributed by atoms with Gasteiger partial charge in [-0.25, -0.2) is 4.39 Å². The summed E-state index contributed by atoms with van der Waals surface area (Å²) in [5.74, 6) is -0.575. The van der Waals surface area contributed by atoms with Gasteiger partial charge in [0.1, 0.15) is 17.4 Å². The highest BCUT2D eigenvalue weighted by atomic mass is 35.5. The largest absolute Gasteiger partial charge is 0.366 e. The van der Waals surface area contributed by atoms with Gasteiger partial charge < -0.3 is 14.4 Å². The molecular weight excluding hydrogens is 479 g/mol. The van der Waals surface area contributed by atoms with Crippen molar-refractivity contribution in [3.05, 3.63) is 111 Å². The Morgan fingerprint density at radius 2 is 1.67 bits per heavy atom. The molecule has 1 fully saturated rings. The van der Waals surface area contributed by atoms with Crippen molar-refractivity contribution in [2.75, 3.05) is 31.1 Å². The monoisotopic (exact) mass is 500 g/mol. The van der Waals surface area contributed by atoms with Crippen LogP contribution in [0, 0.1) is 17.1 Å². The molecule has 4 aromatic rings.